The van der Waals surface area contributed by atoms with E-state index in [-0.39, 0.29) is 6.17 Å². The summed E-state index contributed by atoms with van der Waals surface area (Å²) in [4.78, 5) is 0. The monoisotopic (exact) mass is 622 g/mol. The van der Waals surface area contributed by atoms with Crippen LogP contribution in [0.1, 0.15) is 39.3 Å². The number of hydrogen-bond acceptors (Lipinski definition) is 1. The highest BCUT2D eigenvalue weighted by molar-refractivity contribution is 6.26. The van der Waals surface area contributed by atoms with Gasteiger partial charge in [0.05, 0.1) is 33.1 Å². The number of hydrogen-bond donors (Lipinski definition) is 1. The van der Waals surface area contributed by atoms with Crippen LogP contribution in [0.25, 0.3) is 76.9 Å². The third kappa shape index (κ3) is 4.15. The molecule has 1 unspecified atom stereocenters. The van der Waals surface area contributed by atoms with Gasteiger partial charge in [-0.05, 0) is 67.8 Å². The van der Waals surface area contributed by atoms with E-state index in [2.05, 4.69) is 165 Å². The Bertz CT molecular complexity index is 2600. The Morgan fingerprint density at radius 2 is 1.04 bits per heavy atom. The lowest BCUT2D eigenvalue weighted by atomic mass is 10.1. The maximum Gasteiger partial charge on any atom is 0.108 e. The van der Waals surface area contributed by atoms with Gasteiger partial charge in [0.25, 0.3) is 0 Å². The van der Waals surface area contributed by atoms with Crippen molar-refractivity contribution in [2.45, 2.75) is 39.3 Å². The number of nitrogens with zero attached hydrogens (tertiary/aromatic N) is 3. The molecule has 0 spiro atoms. The Kier molecular flexibility index (Phi) is 6.82. The van der Waals surface area contributed by atoms with E-state index >= 15 is 0 Å². The highest BCUT2D eigenvalue weighted by atomic mass is 15.3. The van der Waals surface area contributed by atoms with Crippen molar-refractivity contribution in [1.82, 2.24) is 19.0 Å². The summed E-state index contributed by atoms with van der Waals surface area (Å²) in [6, 6.07) is 50.8. The molecule has 0 saturated heterocycles. The molecule has 10 rings (SSSR count). The minimum Gasteiger partial charge on any atom is -0.351 e. The van der Waals surface area contributed by atoms with E-state index in [0.717, 1.165) is 25.1 Å². The lowest BCUT2D eigenvalue weighted by Gasteiger charge is -2.25. The van der Waals surface area contributed by atoms with Gasteiger partial charge in [-0.1, -0.05) is 111 Å². The van der Waals surface area contributed by atoms with Crippen molar-refractivity contribution < 1.29 is 0 Å². The molecule has 1 aliphatic heterocycles. The van der Waals surface area contributed by atoms with Gasteiger partial charge in [0.1, 0.15) is 12.0 Å². The van der Waals surface area contributed by atoms with E-state index in [0.29, 0.717) is 0 Å². The van der Waals surface area contributed by atoms with Gasteiger partial charge in [-0.25, -0.2) is 0 Å². The van der Waals surface area contributed by atoms with Crippen LogP contribution in [0.5, 0.6) is 0 Å². The topological polar surface area (TPSA) is 26.8 Å². The van der Waals surface area contributed by atoms with Crippen molar-refractivity contribution in [3.63, 3.8) is 0 Å². The number of rotatable bonds is 3. The number of para-hydroxylation sites is 5. The molecule has 234 valence electrons. The van der Waals surface area contributed by atoms with E-state index in [1.165, 1.54) is 71.1 Å². The van der Waals surface area contributed by atoms with Gasteiger partial charge in [0, 0.05) is 38.0 Å². The third-order valence-electron chi connectivity index (χ3n) is 9.99. The molecule has 1 aliphatic rings. The normalized spacial score (nSPS) is 15.1. The first-order valence-corrected chi connectivity index (χ1v) is 17.3. The summed E-state index contributed by atoms with van der Waals surface area (Å²) < 4.78 is 7.47. The van der Waals surface area contributed by atoms with Crippen molar-refractivity contribution in [2.75, 3.05) is 0 Å². The second-order valence-electron chi connectivity index (χ2n) is 12.5. The Balaban J connectivity index is 0.00000154. The minimum absolute atomic E-state index is 0.111. The zero-order valence-electron chi connectivity index (χ0n) is 27.4. The molecular weight excluding hydrogens is 585 g/mol. The van der Waals surface area contributed by atoms with Gasteiger partial charge in [-0.3, -0.25) is 4.57 Å². The Morgan fingerprint density at radius 3 is 1.71 bits per heavy atom. The fraction of sp³-hybridized carbons (Fsp3) is 0.136. The van der Waals surface area contributed by atoms with Crippen LogP contribution in [0.15, 0.2) is 146 Å². The summed E-state index contributed by atoms with van der Waals surface area (Å²) >= 11 is 0. The third-order valence-corrected chi connectivity index (χ3v) is 9.99. The van der Waals surface area contributed by atoms with E-state index in [1.807, 2.05) is 13.8 Å². The molecule has 3 aromatic heterocycles. The zero-order chi connectivity index (χ0) is 32.2. The van der Waals surface area contributed by atoms with Crippen LogP contribution in [-0.4, -0.2) is 13.7 Å². The second kappa shape index (κ2) is 11.5. The number of benzene rings is 6. The molecule has 4 nitrogen and oxygen atoms in total. The molecule has 0 saturated carbocycles. The van der Waals surface area contributed by atoms with Crippen molar-refractivity contribution in [1.29, 1.82) is 0 Å². The largest absolute Gasteiger partial charge is 0.351 e. The lowest BCUT2D eigenvalue weighted by Crippen LogP contribution is -2.26. The smallest absolute Gasteiger partial charge is 0.108 e. The van der Waals surface area contributed by atoms with Gasteiger partial charge < -0.3 is 14.5 Å². The number of allylic oxidation sites excluding steroid dienone is 1. The van der Waals surface area contributed by atoms with Crippen LogP contribution in [0, 0.1) is 0 Å². The Labute approximate surface area is 280 Å². The summed E-state index contributed by atoms with van der Waals surface area (Å²) in [5.41, 5.74) is 8.65. The van der Waals surface area contributed by atoms with Gasteiger partial charge in [-0.2, -0.15) is 0 Å². The molecule has 4 heteroatoms. The second-order valence-corrected chi connectivity index (χ2v) is 12.5. The van der Waals surface area contributed by atoms with Crippen molar-refractivity contribution in [2.24, 2.45) is 0 Å². The first-order valence-electron chi connectivity index (χ1n) is 17.3. The first kappa shape index (κ1) is 28.5. The standard InChI is InChI=1S/C42H32N4.C2H6/c1-2-14-28(15-3-1)44-37-23-11-7-19-33(37)41-38(44)27-26-32-31-18-6-10-22-36(31)46(42(32)41)40-25-13-12-24-39(43-40)45-34-20-8-4-16-29(34)30-17-5-9-21-35(30)45;1-2/h1-11,14-23,25-27,39,43H,12-13,24H2;1-2H3. The molecule has 9 aromatic rings. The van der Waals surface area contributed by atoms with E-state index < -0.39 is 0 Å². The molecule has 0 aliphatic carbocycles. The maximum atomic E-state index is 4.12. The average Bonchev–Trinajstić information content (AvgIpc) is 3.72. The molecule has 0 bridgehead atoms. The van der Waals surface area contributed by atoms with Crippen LogP contribution in [0.4, 0.5) is 0 Å². The minimum atomic E-state index is 0.111. The van der Waals surface area contributed by atoms with E-state index in [4.69, 9.17) is 0 Å². The van der Waals surface area contributed by atoms with Gasteiger partial charge >= 0.3 is 0 Å². The van der Waals surface area contributed by atoms with Crippen molar-refractivity contribution in [3.05, 3.63) is 146 Å². The molecule has 1 N–H and O–H groups in total. The summed E-state index contributed by atoms with van der Waals surface area (Å²) in [7, 11) is 0. The highest BCUT2D eigenvalue weighted by Crippen LogP contribution is 2.42. The molecule has 0 amide bonds. The maximum absolute atomic E-state index is 4.12. The molecule has 1 atom stereocenters. The predicted octanol–water partition coefficient (Wildman–Crippen LogP) is 11.8. The quantitative estimate of drug-likeness (QED) is 0.208. The van der Waals surface area contributed by atoms with Gasteiger partial charge in [0.2, 0.25) is 0 Å². The molecule has 0 fully saturated rings. The number of nitrogens with one attached hydrogen (secondary N) is 1. The van der Waals surface area contributed by atoms with E-state index in [1.54, 1.807) is 0 Å². The number of aromatic nitrogens is 3. The fourth-order valence-electron chi connectivity index (χ4n) is 8.10. The Morgan fingerprint density at radius 1 is 0.500 bits per heavy atom. The van der Waals surface area contributed by atoms with Gasteiger partial charge in [0.15, 0.2) is 0 Å². The average molecular weight is 623 g/mol. The first-order chi connectivity index (χ1) is 23.9. The summed E-state index contributed by atoms with van der Waals surface area (Å²) in [5.74, 6) is 1.15. The zero-order valence-corrected chi connectivity index (χ0v) is 27.4. The summed E-state index contributed by atoms with van der Waals surface area (Å²) in [5, 5.41) is 11.8. The van der Waals surface area contributed by atoms with E-state index in [9.17, 15) is 0 Å². The molecular formula is C44H38N4. The van der Waals surface area contributed by atoms with Gasteiger partial charge in [-0.15, -0.1) is 0 Å². The summed E-state index contributed by atoms with van der Waals surface area (Å²) in [6.45, 7) is 4.00. The molecule has 0 radical (unpaired) electrons. The lowest BCUT2D eigenvalue weighted by molar-refractivity contribution is 0.445. The van der Waals surface area contributed by atoms with Crippen LogP contribution in [0.2, 0.25) is 0 Å². The van der Waals surface area contributed by atoms with Crippen LogP contribution in [0.3, 0.4) is 0 Å². The van der Waals surface area contributed by atoms with Crippen molar-refractivity contribution >= 4 is 71.2 Å². The van der Waals surface area contributed by atoms with Crippen LogP contribution >= 0.6 is 0 Å². The summed E-state index contributed by atoms with van der Waals surface area (Å²) in [6.07, 6.45) is 5.71. The van der Waals surface area contributed by atoms with Crippen LogP contribution < -0.4 is 5.32 Å². The van der Waals surface area contributed by atoms with Crippen LogP contribution in [-0.2, 0) is 0 Å². The highest BCUT2D eigenvalue weighted by Gasteiger charge is 2.25. The Hall–Kier alpha value is -5.74. The number of fused-ring (bicyclic) bond motifs is 10. The fourth-order valence-corrected chi connectivity index (χ4v) is 8.10. The molecule has 4 heterocycles. The van der Waals surface area contributed by atoms with Crippen molar-refractivity contribution in [3.8, 4) is 5.69 Å². The predicted molar refractivity (Wildman–Crippen MR) is 205 cm³/mol. The SMILES string of the molecule is C1=C(n2c3ccccc3c3ccc4c(c5ccccc5n4-c4ccccc4)c32)NC(n2c3ccccc3c3ccccc32)CCC1.CC. The molecule has 6 aromatic carbocycles. The molecule has 48 heavy (non-hydrogen) atoms.